The molecular weight excluding hydrogens is 192 g/mol. The van der Waals surface area contributed by atoms with Gasteiger partial charge >= 0.3 is 0 Å². The predicted molar refractivity (Wildman–Crippen MR) is 54.2 cm³/mol. The smallest absolute Gasteiger partial charge is 0.226 e. The van der Waals surface area contributed by atoms with Gasteiger partial charge in [0.15, 0.2) is 5.58 Å². The maximum absolute atomic E-state index is 7.54. The highest BCUT2D eigenvalue weighted by Gasteiger charge is 2.09. The highest BCUT2D eigenvalue weighted by Crippen LogP contribution is 2.26. The van der Waals surface area contributed by atoms with Crippen molar-refractivity contribution in [3.8, 4) is 11.5 Å². The first-order valence-corrected chi connectivity index (χ1v) is 4.52. The Kier molecular flexibility index (Phi) is 1.42. The van der Waals surface area contributed by atoms with Crippen molar-refractivity contribution in [3.05, 3.63) is 36.3 Å². The Morgan fingerprint density at radius 2 is 2.33 bits per heavy atom. The largest absolute Gasteiger partial charge is 0.445 e. The summed E-state index contributed by atoms with van der Waals surface area (Å²) in [5, 5.41) is 4.30. The van der Waals surface area contributed by atoms with Crippen LogP contribution in [0.15, 0.2) is 39.7 Å². The molecule has 0 aliphatic heterocycles. The fourth-order valence-corrected chi connectivity index (χ4v) is 1.56. The van der Waals surface area contributed by atoms with E-state index in [4.69, 9.17) is 10.3 Å². The maximum atomic E-state index is 7.54. The van der Waals surface area contributed by atoms with Crippen LogP contribution in [0.4, 0.5) is 0 Å². The van der Waals surface area contributed by atoms with Crippen LogP contribution in [0.2, 0.25) is 0 Å². The van der Waals surface area contributed by atoms with E-state index in [1.807, 2.05) is 13.0 Å². The predicted octanol–water partition coefficient (Wildman–Crippen LogP) is 2.79. The summed E-state index contributed by atoms with van der Waals surface area (Å²) in [6.07, 6.45) is 3.27. The molecule has 0 bridgehead atoms. The van der Waals surface area contributed by atoms with Crippen LogP contribution in [0.5, 0.6) is 0 Å². The van der Waals surface area contributed by atoms with Gasteiger partial charge in [0.25, 0.3) is 0 Å². The number of aryl methyl sites for hydroxylation is 1. The monoisotopic (exact) mass is 201 g/mol. The molecule has 0 amide bonds. The van der Waals surface area contributed by atoms with Crippen LogP contribution in [0.3, 0.4) is 0 Å². The van der Waals surface area contributed by atoms with Crippen LogP contribution in [0.1, 0.15) is 6.93 Å². The van der Waals surface area contributed by atoms with Gasteiger partial charge in [0.05, 0.1) is 13.7 Å². The summed E-state index contributed by atoms with van der Waals surface area (Å²) in [6, 6.07) is 3.65. The lowest BCUT2D eigenvalue weighted by Crippen LogP contribution is -1.82. The van der Waals surface area contributed by atoms with E-state index in [0.717, 1.165) is 11.1 Å². The molecule has 2 heterocycles. The van der Waals surface area contributed by atoms with E-state index < -0.39 is 0 Å². The normalized spacial score (nSPS) is 11.9. The molecule has 0 spiro atoms. The zero-order valence-corrected chi connectivity index (χ0v) is 8.02. The average Bonchev–Trinajstić information content (AvgIpc) is 2.89. The van der Waals surface area contributed by atoms with Gasteiger partial charge in [-0.25, -0.2) is 4.98 Å². The number of oxazole rings is 1. The standard InChI is InChI=1S/C11H8N2O2/c1-7-4-8-6-13-15-10(8)5-9(7)11-12-2-3-14-11/h2-6H,1H3/i6D. The summed E-state index contributed by atoms with van der Waals surface area (Å²) in [7, 11) is 0. The number of fused-ring (bicyclic) bond motifs is 1. The quantitative estimate of drug-likeness (QED) is 0.607. The minimum Gasteiger partial charge on any atom is -0.445 e. The van der Waals surface area contributed by atoms with E-state index in [2.05, 4.69) is 10.1 Å². The molecule has 0 N–H and O–H groups in total. The number of aromatic nitrogens is 2. The molecule has 0 radical (unpaired) electrons. The zero-order chi connectivity index (χ0) is 11.1. The Labute approximate surface area is 86.9 Å². The number of rotatable bonds is 1. The maximum Gasteiger partial charge on any atom is 0.226 e. The van der Waals surface area contributed by atoms with Gasteiger partial charge in [-0.1, -0.05) is 5.16 Å². The van der Waals surface area contributed by atoms with E-state index in [0.29, 0.717) is 16.9 Å². The first kappa shape index (κ1) is 7.23. The molecule has 15 heavy (non-hydrogen) atoms. The fraction of sp³-hybridized carbons (Fsp3) is 0.0909. The molecule has 0 atom stereocenters. The summed E-state index contributed by atoms with van der Waals surface area (Å²) < 4.78 is 17.8. The summed E-state index contributed by atoms with van der Waals surface area (Å²) in [4.78, 5) is 4.09. The fourth-order valence-electron chi connectivity index (χ4n) is 1.56. The van der Waals surface area contributed by atoms with Crippen molar-refractivity contribution in [1.29, 1.82) is 0 Å². The third-order valence-electron chi connectivity index (χ3n) is 2.30. The second-order valence-corrected chi connectivity index (χ2v) is 3.29. The molecular formula is C11H8N2O2. The summed E-state index contributed by atoms with van der Waals surface area (Å²) >= 11 is 0. The number of hydrogen-bond acceptors (Lipinski definition) is 4. The van der Waals surface area contributed by atoms with Crippen molar-refractivity contribution in [2.75, 3.05) is 0 Å². The Hall–Kier alpha value is -2.10. The van der Waals surface area contributed by atoms with E-state index >= 15 is 0 Å². The van der Waals surface area contributed by atoms with E-state index in [9.17, 15) is 0 Å². The van der Waals surface area contributed by atoms with Crippen LogP contribution >= 0.6 is 0 Å². The average molecular weight is 201 g/mol. The Morgan fingerprint density at radius 1 is 1.40 bits per heavy atom. The molecule has 1 aromatic carbocycles. The van der Waals surface area contributed by atoms with Crippen LogP contribution in [-0.2, 0) is 0 Å². The number of benzene rings is 1. The van der Waals surface area contributed by atoms with E-state index in [1.165, 1.54) is 6.26 Å². The van der Waals surface area contributed by atoms with Crippen LogP contribution in [0.25, 0.3) is 22.4 Å². The first-order valence-electron chi connectivity index (χ1n) is 5.02. The Balaban J connectivity index is 2.30. The van der Waals surface area contributed by atoms with E-state index in [-0.39, 0.29) is 6.17 Å². The second-order valence-electron chi connectivity index (χ2n) is 3.29. The number of nitrogens with zero attached hydrogens (tertiary/aromatic N) is 2. The molecule has 0 aliphatic rings. The molecule has 2 aromatic heterocycles. The topological polar surface area (TPSA) is 52.1 Å². The molecule has 0 aliphatic carbocycles. The van der Waals surface area contributed by atoms with Crippen molar-refractivity contribution in [2.45, 2.75) is 6.92 Å². The molecule has 0 fully saturated rings. The first-order chi connectivity index (χ1) is 7.75. The highest BCUT2D eigenvalue weighted by atomic mass is 16.5. The van der Waals surface area contributed by atoms with Gasteiger partial charge in [-0.05, 0) is 24.6 Å². The molecule has 74 valence electrons. The van der Waals surface area contributed by atoms with Gasteiger partial charge < -0.3 is 8.94 Å². The molecule has 3 aromatic rings. The van der Waals surface area contributed by atoms with Crippen molar-refractivity contribution in [1.82, 2.24) is 10.1 Å². The van der Waals surface area contributed by atoms with E-state index in [1.54, 1.807) is 12.3 Å². The van der Waals surface area contributed by atoms with Gasteiger partial charge in [0, 0.05) is 10.9 Å². The lowest BCUT2D eigenvalue weighted by Gasteiger charge is -2.00. The van der Waals surface area contributed by atoms with Crippen molar-refractivity contribution in [3.63, 3.8) is 0 Å². The van der Waals surface area contributed by atoms with Gasteiger partial charge in [-0.3, -0.25) is 0 Å². The van der Waals surface area contributed by atoms with Gasteiger partial charge in [0.2, 0.25) is 5.89 Å². The van der Waals surface area contributed by atoms with Crippen molar-refractivity contribution < 1.29 is 10.3 Å². The third-order valence-corrected chi connectivity index (χ3v) is 2.30. The summed E-state index contributed by atoms with van der Waals surface area (Å²) in [6.45, 7) is 1.94. The van der Waals surface area contributed by atoms with Crippen molar-refractivity contribution >= 4 is 11.0 Å². The molecule has 0 unspecified atom stereocenters. The minimum atomic E-state index is 0.150. The lowest BCUT2D eigenvalue weighted by molar-refractivity contribution is 0.456. The molecule has 0 saturated heterocycles. The minimum absolute atomic E-state index is 0.150. The SMILES string of the molecule is [2H]c1noc2cc(-c3ncco3)c(C)cc12. The lowest BCUT2D eigenvalue weighted by atomic mass is 10.1. The van der Waals surface area contributed by atoms with Crippen LogP contribution in [0, 0.1) is 6.92 Å². The van der Waals surface area contributed by atoms with Crippen LogP contribution in [-0.4, -0.2) is 10.1 Å². The molecule has 3 rings (SSSR count). The molecule has 4 nitrogen and oxygen atoms in total. The zero-order valence-electron chi connectivity index (χ0n) is 9.02. The summed E-state index contributed by atoms with van der Waals surface area (Å²) in [5.41, 5.74) is 2.41. The molecule has 4 heteroatoms. The highest BCUT2D eigenvalue weighted by molar-refractivity contribution is 5.82. The second kappa shape index (κ2) is 2.95. The Bertz CT molecular complexity index is 643. The molecule has 0 saturated carbocycles. The summed E-state index contributed by atoms with van der Waals surface area (Å²) in [5.74, 6) is 0.544. The van der Waals surface area contributed by atoms with Gasteiger partial charge in [-0.15, -0.1) is 0 Å². The van der Waals surface area contributed by atoms with Crippen molar-refractivity contribution in [2.24, 2.45) is 0 Å². The number of hydrogen-bond donors (Lipinski definition) is 0. The van der Waals surface area contributed by atoms with Gasteiger partial charge in [0.1, 0.15) is 6.26 Å². The third kappa shape index (κ3) is 1.22. The van der Waals surface area contributed by atoms with Gasteiger partial charge in [-0.2, -0.15) is 0 Å². The Morgan fingerprint density at radius 3 is 3.13 bits per heavy atom. The van der Waals surface area contributed by atoms with Crippen LogP contribution < -0.4 is 0 Å².